The fraction of sp³-hybridized carbons (Fsp3) is 0.474. The molecule has 1 fully saturated rings. The van der Waals surface area contributed by atoms with Crippen molar-refractivity contribution in [3.8, 4) is 5.69 Å². The van der Waals surface area contributed by atoms with Crippen molar-refractivity contribution < 1.29 is 4.79 Å². The van der Waals surface area contributed by atoms with Crippen LogP contribution in [0.5, 0.6) is 0 Å². The quantitative estimate of drug-likeness (QED) is 0.888. The molecule has 0 saturated heterocycles. The van der Waals surface area contributed by atoms with E-state index in [9.17, 15) is 4.79 Å². The van der Waals surface area contributed by atoms with Gasteiger partial charge in [-0.15, -0.1) is 0 Å². The Balaban J connectivity index is 1.91. The molecule has 24 heavy (non-hydrogen) atoms. The summed E-state index contributed by atoms with van der Waals surface area (Å²) in [5.74, 6) is 0.461. The summed E-state index contributed by atoms with van der Waals surface area (Å²) in [6.45, 7) is 5.32. The van der Waals surface area contributed by atoms with Crippen molar-refractivity contribution in [2.45, 2.75) is 32.6 Å². The third-order valence-electron chi connectivity index (χ3n) is 4.57. The van der Waals surface area contributed by atoms with Crippen molar-refractivity contribution in [1.82, 2.24) is 14.7 Å². The third-order valence-corrected chi connectivity index (χ3v) is 4.57. The number of para-hydroxylation sites is 1. The van der Waals surface area contributed by atoms with Crippen LogP contribution in [0.4, 0.5) is 0 Å². The highest BCUT2D eigenvalue weighted by Crippen LogP contribution is 2.42. The van der Waals surface area contributed by atoms with Gasteiger partial charge in [-0.2, -0.15) is 5.10 Å². The highest BCUT2D eigenvalue weighted by Gasteiger charge is 2.34. The molecule has 2 aromatic rings. The van der Waals surface area contributed by atoms with Gasteiger partial charge in [0.2, 0.25) is 0 Å². The van der Waals surface area contributed by atoms with Gasteiger partial charge in [0.15, 0.2) is 0 Å². The van der Waals surface area contributed by atoms with Crippen LogP contribution < -0.4 is 5.73 Å². The van der Waals surface area contributed by atoms with Crippen LogP contribution in [0.15, 0.2) is 36.5 Å². The summed E-state index contributed by atoms with van der Waals surface area (Å²) in [5.41, 5.74) is 8.48. The van der Waals surface area contributed by atoms with Gasteiger partial charge in [-0.05, 0) is 36.9 Å². The van der Waals surface area contributed by atoms with Gasteiger partial charge in [0.25, 0.3) is 5.91 Å². The molecule has 1 aliphatic rings. The van der Waals surface area contributed by atoms with Gasteiger partial charge >= 0.3 is 0 Å². The van der Waals surface area contributed by atoms with Gasteiger partial charge in [0.05, 0.1) is 23.1 Å². The number of nitrogens with zero attached hydrogens (tertiary/aromatic N) is 3. The molecule has 5 nitrogen and oxygen atoms in total. The monoisotopic (exact) mass is 326 g/mol. The molecule has 1 aromatic carbocycles. The predicted molar refractivity (Wildman–Crippen MR) is 95.3 cm³/mol. The lowest BCUT2D eigenvalue weighted by Gasteiger charge is -2.29. The lowest BCUT2D eigenvalue weighted by atomic mass is 9.93. The summed E-state index contributed by atoms with van der Waals surface area (Å²) < 4.78 is 1.92. The van der Waals surface area contributed by atoms with Crippen LogP contribution in [0, 0.1) is 5.41 Å². The zero-order valence-electron chi connectivity index (χ0n) is 14.7. The third kappa shape index (κ3) is 3.36. The first-order valence-corrected chi connectivity index (χ1v) is 8.52. The highest BCUT2D eigenvalue weighted by molar-refractivity contribution is 5.95. The summed E-state index contributed by atoms with van der Waals surface area (Å²) >= 11 is 0. The topological polar surface area (TPSA) is 64.2 Å². The molecule has 1 heterocycles. The fourth-order valence-corrected chi connectivity index (χ4v) is 3.03. The number of amides is 1. The summed E-state index contributed by atoms with van der Waals surface area (Å²) in [6.07, 6.45) is 3.96. The highest BCUT2D eigenvalue weighted by atomic mass is 16.2. The Kier molecular flexibility index (Phi) is 4.45. The van der Waals surface area contributed by atoms with E-state index >= 15 is 0 Å². The smallest absolute Gasteiger partial charge is 0.257 e. The number of rotatable bonds is 6. The maximum atomic E-state index is 13.0. The molecular weight excluding hydrogens is 300 g/mol. The molecule has 0 unspecified atom stereocenters. The Morgan fingerprint density at radius 1 is 1.33 bits per heavy atom. The lowest BCUT2D eigenvalue weighted by Crippen LogP contribution is -2.40. The van der Waals surface area contributed by atoms with E-state index in [4.69, 9.17) is 5.73 Å². The largest absolute Gasteiger partial charge is 0.341 e. The van der Waals surface area contributed by atoms with E-state index < -0.39 is 0 Å². The second kappa shape index (κ2) is 6.40. The van der Waals surface area contributed by atoms with Crippen LogP contribution in [0.2, 0.25) is 0 Å². The van der Waals surface area contributed by atoms with Gasteiger partial charge in [-0.3, -0.25) is 4.79 Å². The first-order chi connectivity index (χ1) is 11.4. The molecule has 0 aliphatic heterocycles. The fourth-order valence-electron chi connectivity index (χ4n) is 3.03. The average Bonchev–Trinajstić information content (AvgIpc) is 3.32. The number of nitrogens with two attached hydrogens (primary N) is 1. The van der Waals surface area contributed by atoms with E-state index in [-0.39, 0.29) is 11.3 Å². The van der Waals surface area contributed by atoms with Crippen LogP contribution >= 0.6 is 0 Å². The van der Waals surface area contributed by atoms with Gasteiger partial charge in [0.1, 0.15) is 0 Å². The number of hydrogen-bond donors (Lipinski definition) is 1. The zero-order valence-corrected chi connectivity index (χ0v) is 14.7. The van der Waals surface area contributed by atoms with Crippen LogP contribution in [0.25, 0.3) is 5.69 Å². The Hall–Kier alpha value is -2.14. The standard InChI is InChI=1S/C19H26N4O/c1-19(2,12-20)13-22(3)18(24)16-11-21-23(17(16)14-9-10-14)15-7-5-4-6-8-15/h4-8,11,14H,9-10,12-13,20H2,1-3H3. The summed E-state index contributed by atoms with van der Waals surface area (Å²) in [7, 11) is 1.84. The summed E-state index contributed by atoms with van der Waals surface area (Å²) in [6, 6.07) is 10.0. The minimum atomic E-state index is -0.0976. The number of aromatic nitrogens is 2. The Bertz CT molecular complexity index is 716. The van der Waals surface area contributed by atoms with Crippen LogP contribution in [-0.4, -0.2) is 40.7 Å². The van der Waals surface area contributed by atoms with Crippen molar-refractivity contribution in [1.29, 1.82) is 0 Å². The number of carbonyl (C=O) groups excluding carboxylic acids is 1. The van der Waals surface area contributed by atoms with E-state index in [1.165, 1.54) is 0 Å². The Labute approximate surface area is 143 Å². The van der Waals surface area contributed by atoms with E-state index in [0.717, 1.165) is 29.8 Å². The molecule has 128 valence electrons. The molecule has 0 spiro atoms. The van der Waals surface area contributed by atoms with Gasteiger partial charge < -0.3 is 10.6 Å². The van der Waals surface area contributed by atoms with E-state index in [1.807, 2.05) is 42.1 Å². The number of carbonyl (C=O) groups is 1. The molecule has 1 saturated carbocycles. The average molecular weight is 326 g/mol. The van der Waals surface area contributed by atoms with Crippen LogP contribution in [0.3, 0.4) is 0 Å². The molecule has 1 aromatic heterocycles. The molecule has 1 amide bonds. The van der Waals surface area contributed by atoms with Crippen molar-refractivity contribution in [3.63, 3.8) is 0 Å². The minimum Gasteiger partial charge on any atom is -0.341 e. The molecule has 5 heteroatoms. The van der Waals surface area contributed by atoms with Crippen LogP contribution in [0.1, 0.15) is 48.7 Å². The lowest BCUT2D eigenvalue weighted by molar-refractivity contribution is 0.0739. The van der Waals surface area contributed by atoms with E-state index in [2.05, 4.69) is 18.9 Å². The normalized spacial score (nSPS) is 14.7. The molecule has 3 rings (SSSR count). The second-order valence-corrected chi connectivity index (χ2v) is 7.49. The predicted octanol–water partition coefficient (Wildman–Crippen LogP) is 2.81. The first kappa shape index (κ1) is 16.7. The Morgan fingerprint density at radius 2 is 2.00 bits per heavy atom. The molecule has 0 bridgehead atoms. The van der Waals surface area contributed by atoms with Gasteiger partial charge in [0, 0.05) is 19.5 Å². The minimum absolute atomic E-state index is 0.0283. The van der Waals surface area contributed by atoms with E-state index in [0.29, 0.717) is 19.0 Å². The van der Waals surface area contributed by atoms with Crippen molar-refractivity contribution in [3.05, 3.63) is 47.8 Å². The number of hydrogen-bond acceptors (Lipinski definition) is 3. The molecule has 2 N–H and O–H groups in total. The molecule has 0 atom stereocenters. The number of benzene rings is 1. The molecule has 1 aliphatic carbocycles. The van der Waals surface area contributed by atoms with Crippen molar-refractivity contribution >= 4 is 5.91 Å². The molecule has 0 radical (unpaired) electrons. The first-order valence-electron chi connectivity index (χ1n) is 8.52. The van der Waals surface area contributed by atoms with Crippen LogP contribution in [-0.2, 0) is 0 Å². The van der Waals surface area contributed by atoms with Crippen molar-refractivity contribution in [2.75, 3.05) is 20.1 Å². The SMILES string of the molecule is CN(CC(C)(C)CN)C(=O)c1cnn(-c2ccccc2)c1C1CC1. The maximum Gasteiger partial charge on any atom is 0.257 e. The Morgan fingerprint density at radius 3 is 2.58 bits per heavy atom. The van der Waals surface area contributed by atoms with E-state index in [1.54, 1.807) is 11.1 Å². The summed E-state index contributed by atoms with van der Waals surface area (Å²) in [5, 5.41) is 4.51. The van der Waals surface area contributed by atoms with Crippen molar-refractivity contribution in [2.24, 2.45) is 11.1 Å². The molecular formula is C19H26N4O. The zero-order chi connectivity index (χ0) is 17.3. The summed E-state index contributed by atoms with van der Waals surface area (Å²) in [4.78, 5) is 14.7. The second-order valence-electron chi connectivity index (χ2n) is 7.49. The maximum absolute atomic E-state index is 13.0. The van der Waals surface area contributed by atoms with Gasteiger partial charge in [-0.25, -0.2) is 4.68 Å². The van der Waals surface area contributed by atoms with Gasteiger partial charge in [-0.1, -0.05) is 32.0 Å².